The van der Waals surface area contributed by atoms with Crippen molar-refractivity contribution in [2.75, 3.05) is 37.5 Å². The molecule has 1 fully saturated rings. The minimum atomic E-state index is -0.372. The van der Waals surface area contributed by atoms with E-state index in [9.17, 15) is 10.1 Å². The second-order valence-electron chi connectivity index (χ2n) is 5.26. The predicted molar refractivity (Wildman–Crippen MR) is 79.8 cm³/mol. The summed E-state index contributed by atoms with van der Waals surface area (Å²) < 4.78 is 0. The van der Waals surface area contributed by atoms with Gasteiger partial charge in [-0.25, -0.2) is 0 Å². The standard InChI is InChI=1S/C13H21N5O2/c1-16(2)10-6-8-17(9-7-10)12-5-3-4-11(15-14)13(12)18(19)20/h3-5,10,15H,6-9,14H2,1-2H3. The molecule has 0 spiro atoms. The summed E-state index contributed by atoms with van der Waals surface area (Å²) in [6.45, 7) is 1.63. The number of benzene rings is 1. The van der Waals surface area contributed by atoms with Gasteiger partial charge in [-0.3, -0.25) is 16.0 Å². The van der Waals surface area contributed by atoms with E-state index in [1.165, 1.54) is 0 Å². The number of nitro groups is 1. The number of para-hydroxylation sites is 1. The third-order valence-electron chi connectivity index (χ3n) is 3.89. The molecule has 1 aliphatic heterocycles. The van der Waals surface area contributed by atoms with Crippen molar-refractivity contribution in [2.45, 2.75) is 18.9 Å². The molecular formula is C13H21N5O2. The van der Waals surface area contributed by atoms with Gasteiger partial charge < -0.3 is 15.2 Å². The molecule has 0 amide bonds. The van der Waals surface area contributed by atoms with Gasteiger partial charge >= 0.3 is 5.69 Å². The molecule has 0 aliphatic carbocycles. The number of hydrogen-bond acceptors (Lipinski definition) is 6. The van der Waals surface area contributed by atoms with Crippen LogP contribution in [0.4, 0.5) is 17.1 Å². The number of piperidine rings is 1. The first kappa shape index (κ1) is 14.5. The molecule has 0 saturated carbocycles. The van der Waals surface area contributed by atoms with Crippen LogP contribution in [0.3, 0.4) is 0 Å². The normalized spacial score (nSPS) is 16.5. The zero-order valence-electron chi connectivity index (χ0n) is 11.9. The molecule has 1 aliphatic rings. The number of nitrogens with zero attached hydrogens (tertiary/aromatic N) is 3. The van der Waals surface area contributed by atoms with Crippen molar-refractivity contribution in [3.63, 3.8) is 0 Å². The lowest BCUT2D eigenvalue weighted by Crippen LogP contribution is -2.42. The summed E-state index contributed by atoms with van der Waals surface area (Å²) in [6.07, 6.45) is 2.01. The molecule has 0 atom stereocenters. The Hall–Kier alpha value is -1.86. The quantitative estimate of drug-likeness (QED) is 0.492. The lowest BCUT2D eigenvalue weighted by Gasteiger charge is -2.36. The van der Waals surface area contributed by atoms with Gasteiger partial charge in [0.1, 0.15) is 11.4 Å². The van der Waals surface area contributed by atoms with Gasteiger partial charge in [0.25, 0.3) is 0 Å². The van der Waals surface area contributed by atoms with E-state index in [1.807, 2.05) is 0 Å². The van der Waals surface area contributed by atoms with Crippen LogP contribution in [0.25, 0.3) is 0 Å². The van der Waals surface area contributed by atoms with E-state index >= 15 is 0 Å². The summed E-state index contributed by atoms with van der Waals surface area (Å²) in [7, 11) is 4.14. The minimum Gasteiger partial charge on any atom is -0.366 e. The zero-order chi connectivity index (χ0) is 14.7. The highest BCUT2D eigenvalue weighted by atomic mass is 16.6. The van der Waals surface area contributed by atoms with Crippen LogP contribution < -0.4 is 16.2 Å². The third-order valence-corrected chi connectivity index (χ3v) is 3.89. The molecule has 1 aromatic rings. The maximum absolute atomic E-state index is 11.3. The van der Waals surface area contributed by atoms with E-state index in [0.717, 1.165) is 25.9 Å². The van der Waals surface area contributed by atoms with E-state index in [1.54, 1.807) is 18.2 Å². The Morgan fingerprint density at radius 2 is 2.05 bits per heavy atom. The van der Waals surface area contributed by atoms with Gasteiger partial charge in [-0.1, -0.05) is 6.07 Å². The Morgan fingerprint density at radius 3 is 2.55 bits per heavy atom. The fourth-order valence-electron chi connectivity index (χ4n) is 2.72. The van der Waals surface area contributed by atoms with Crippen LogP contribution in [0.5, 0.6) is 0 Å². The Labute approximate surface area is 118 Å². The smallest absolute Gasteiger partial charge is 0.316 e. The molecule has 0 bridgehead atoms. The fraction of sp³-hybridized carbons (Fsp3) is 0.538. The van der Waals surface area contributed by atoms with E-state index in [-0.39, 0.29) is 10.6 Å². The Bertz CT molecular complexity index is 484. The Morgan fingerprint density at radius 1 is 1.40 bits per heavy atom. The van der Waals surface area contributed by atoms with E-state index in [4.69, 9.17) is 5.84 Å². The van der Waals surface area contributed by atoms with Crippen molar-refractivity contribution in [3.8, 4) is 0 Å². The van der Waals surface area contributed by atoms with Crippen molar-refractivity contribution < 1.29 is 4.92 Å². The second kappa shape index (κ2) is 6.06. The summed E-state index contributed by atoms with van der Waals surface area (Å²) in [5.74, 6) is 5.37. The number of anilines is 2. The molecule has 7 nitrogen and oxygen atoms in total. The second-order valence-corrected chi connectivity index (χ2v) is 5.26. The predicted octanol–water partition coefficient (Wildman–Crippen LogP) is 1.41. The summed E-state index contributed by atoms with van der Waals surface area (Å²) in [5, 5.41) is 11.3. The van der Waals surface area contributed by atoms with Crippen LogP contribution in [0, 0.1) is 10.1 Å². The summed E-state index contributed by atoms with van der Waals surface area (Å²) in [4.78, 5) is 15.2. The highest BCUT2D eigenvalue weighted by molar-refractivity contribution is 5.76. The average Bonchev–Trinajstić information content (AvgIpc) is 2.46. The van der Waals surface area contributed by atoms with Gasteiger partial charge in [0.2, 0.25) is 0 Å². The molecular weight excluding hydrogens is 258 g/mol. The molecule has 7 heteroatoms. The van der Waals surface area contributed by atoms with Gasteiger partial charge in [0.15, 0.2) is 0 Å². The molecule has 110 valence electrons. The first-order valence-electron chi connectivity index (χ1n) is 6.70. The van der Waals surface area contributed by atoms with Gasteiger partial charge in [-0.15, -0.1) is 0 Å². The summed E-state index contributed by atoms with van der Waals surface area (Å²) >= 11 is 0. The molecule has 0 radical (unpaired) electrons. The van der Waals surface area contributed by atoms with Crippen LogP contribution in [-0.2, 0) is 0 Å². The van der Waals surface area contributed by atoms with E-state index in [2.05, 4.69) is 29.3 Å². The topological polar surface area (TPSA) is 87.7 Å². The number of nitro benzene ring substituents is 1. The average molecular weight is 279 g/mol. The maximum atomic E-state index is 11.3. The van der Waals surface area contributed by atoms with Crippen molar-refractivity contribution in [3.05, 3.63) is 28.3 Å². The first-order chi connectivity index (χ1) is 9.54. The molecule has 3 N–H and O–H groups in total. The molecule has 1 heterocycles. The molecule has 1 saturated heterocycles. The van der Waals surface area contributed by atoms with Gasteiger partial charge in [0.05, 0.1) is 4.92 Å². The number of rotatable bonds is 4. The summed E-state index contributed by atoms with van der Waals surface area (Å²) in [5.41, 5.74) is 3.45. The molecule has 1 aromatic carbocycles. The lowest BCUT2D eigenvalue weighted by molar-refractivity contribution is -0.383. The number of nitrogen functional groups attached to an aromatic ring is 1. The van der Waals surface area contributed by atoms with Crippen LogP contribution in [-0.4, -0.2) is 43.0 Å². The van der Waals surface area contributed by atoms with Crippen molar-refractivity contribution >= 4 is 17.1 Å². The number of nitrogens with one attached hydrogen (secondary N) is 1. The highest BCUT2D eigenvalue weighted by Gasteiger charge is 2.27. The fourth-order valence-corrected chi connectivity index (χ4v) is 2.72. The number of hydrazine groups is 1. The Kier molecular flexibility index (Phi) is 4.41. The molecule has 2 rings (SSSR count). The third kappa shape index (κ3) is 2.83. The van der Waals surface area contributed by atoms with E-state index < -0.39 is 0 Å². The van der Waals surface area contributed by atoms with Crippen LogP contribution in [0.1, 0.15) is 12.8 Å². The van der Waals surface area contributed by atoms with E-state index in [0.29, 0.717) is 17.4 Å². The number of hydrogen-bond donors (Lipinski definition) is 2. The summed E-state index contributed by atoms with van der Waals surface area (Å²) in [6, 6.07) is 5.74. The largest absolute Gasteiger partial charge is 0.366 e. The van der Waals surface area contributed by atoms with Crippen molar-refractivity contribution in [1.82, 2.24) is 4.90 Å². The minimum absolute atomic E-state index is 0.0540. The van der Waals surface area contributed by atoms with Gasteiger partial charge in [0, 0.05) is 19.1 Å². The Balaban J connectivity index is 2.24. The SMILES string of the molecule is CN(C)C1CCN(c2cccc(NN)c2[N+](=O)[O-])CC1. The highest BCUT2D eigenvalue weighted by Crippen LogP contribution is 2.36. The van der Waals surface area contributed by atoms with Gasteiger partial charge in [-0.05, 0) is 39.1 Å². The van der Waals surface area contributed by atoms with Crippen LogP contribution in [0.15, 0.2) is 18.2 Å². The molecule has 0 aromatic heterocycles. The lowest BCUT2D eigenvalue weighted by atomic mass is 10.0. The van der Waals surface area contributed by atoms with Crippen LogP contribution >= 0.6 is 0 Å². The van der Waals surface area contributed by atoms with Crippen molar-refractivity contribution in [1.29, 1.82) is 0 Å². The number of nitrogens with two attached hydrogens (primary N) is 1. The zero-order valence-corrected chi connectivity index (χ0v) is 11.9. The van der Waals surface area contributed by atoms with Crippen molar-refractivity contribution in [2.24, 2.45) is 5.84 Å². The molecule has 0 unspecified atom stereocenters. The van der Waals surface area contributed by atoms with Gasteiger partial charge in [-0.2, -0.15) is 0 Å². The van der Waals surface area contributed by atoms with Crippen LogP contribution in [0.2, 0.25) is 0 Å². The maximum Gasteiger partial charge on any atom is 0.316 e. The monoisotopic (exact) mass is 279 g/mol. The molecule has 20 heavy (non-hydrogen) atoms. The first-order valence-corrected chi connectivity index (χ1v) is 6.70.